The highest BCUT2D eigenvalue weighted by Gasteiger charge is 2.32. The summed E-state index contributed by atoms with van der Waals surface area (Å²) in [5, 5.41) is 2.93. The molecule has 0 aliphatic carbocycles. The summed E-state index contributed by atoms with van der Waals surface area (Å²) in [4.78, 5) is 29.0. The molecule has 2 rings (SSSR count). The zero-order valence-corrected chi connectivity index (χ0v) is 18.0. The third-order valence-corrected chi connectivity index (χ3v) is 5.10. The van der Waals surface area contributed by atoms with Gasteiger partial charge in [-0.05, 0) is 56.7 Å². The Kier molecular flexibility index (Phi) is 6.23. The Balaban J connectivity index is 1.94. The lowest BCUT2D eigenvalue weighted by Gasteiger charge is -2.38. The molecule has 1 N–H and O–H groups in total. The van der Waals surface area contributed by atoms with Gasteiger partial charge in [0.1, 0.15) is 0 Å². The van der Waals surface area contributed by atoms with E-state index in [-0.39, 0.29) is 5.41 Å². The van der Waals surface area contributed by atoms with Gasteiger partial charge < -0.3 is 15.1 Å². The molecule has 0 spiro atoms. The van der Waals surface area contributed by atoms with Gasteiger partial charge >= 0.3 is 11.8 Å². The Hall–Kier alpha value is -2.04. The number of carbonyl (C=O) groups excluding carboxylic acids is 2. The van der Waals surface area contributed by atoms with Gasteiger partial charge in [0.25, 0.3) is 0 Å². The molecule has 0 bridgehead atoms. The zero-order valence-electron chi connectivity index (χ0n) is 18.0. The number of carbonyl (C=O) groups is 2. The average molecular weight is 374 g/mol. The van der Waals surface area contributed by atoms with E-state index >= 15 is 0 Å². The molecule has 0 radical (unpaired) electrons. The minimum Gasteiger partial charge on any atom is -0.368 e. The first kappa shape index (κ1) is 21.3. The first-order valence-corrected chi connectivity index (χ1v) is 9.82. The largest absolute Gasteiger partial charge is 0.368 e. The van der Waals surface area contributed by atoms with Crippen LogP contribution in [0.5, 0.6) is 0 Å². The predicted molar refractivity (Wildman–Crippen MR) is 111 cm³/mol. The van der Waals surface area contributed by atoms with Crippen molar-refractivity contribution >= 4 is 17.5 Å². The predicted octanol–water partition coefficient (Wildman–Crippen LogP) is 3.28. The highest BCUT2D eigenvalue weighted by molar-refractivity contribution is 6.35. The Morgan fingerprint density at radius 1 is 1.00 bits per heavy atom. The number of benzene rings is 1. The van der Waals surface area contributed by atoms with Gasteiger partial charge in [0, 0.05) is 37.4 Å². The maximum Gasteiger partial charge on any atom is 0.312 e. The van der Waals surface area contributed by atoms with Crippen molar-refractivity contribution in [1.82, 2.24) is 10.2 Å². The summed E-state index contributed by atoms with van der Waals surface area (Å²) >= 11 is 0. The standard InChI is InChI=1S/C22H35N3O2/c1-16-9-8-10-18(17(16)2)24-11-13-25(14-12-24)20(27)19(26)23-22(6,7)15-21(3,4)5/h8-10H,11-15H2,1-7H3,(H,23,26). The molecule has 1 saturated heterocycles. The Labute approximate surface area is 164 Å². The lowest BCUT2D eigenvalue weighted by atomic mass is 9.82. The first-order chi connectivity index (χ1) is 12.4. The molecule has 0 saturated carbocycles. The molecule has 0 unspecified atom stereocenters. The van der Waals surface area contributed by atoms with E-state index in [1.54, 1.807) is 4.90 Å². The third kappa shape index (κ3) is 5.72. The van der Waals surface area contributed by atoms with Crippen LogP contribution in [0.25, 0.3) is 0 Å². The molecule has 5 nitrogen and oxygen atoms in total. The van der Waals surface area contributed by atoms with E-state index in [2.05, 4.69) is 63.0 Å². The van der Waals surface area contributed by atoms with Crippen LogP contribution in [-0.4, -0.2) is 48.4 Å². The van der Waals surface area contributed by atoms with E-state index in [0.717, 1.165) is 19.5 Å². The summed E-state index contributed by atoms with van der Waals surface area (Å²) in [7, 11) is 0. The summed E-state index contributed by atoms with van der Waals surface area (Å²) in [6, 6.07) is 6.31. The number of aryl methyl sites for hydroxylation is 1. The SMILES string of the molecule is Cc1cccc(N2CCN(C(=O)C(=O)NC(C)(C)CC(C)(C)C)CC2)c1C. The zero-order chi connectivity index (χ0) is 20.4. The number of anilines is 1. The molecule has 0 atom stereocenters. The van der Waals surface area contributed by atoms with Crippen LogP contribution in [0.1, 0.15) is 52.2 Å². The highest BCUT2D eigenvalue weighted by atomic mass is 16.2. The normalized spacial score (nSPS) is 15.7. The highest BCUT2D eigenvalue weighted by Crippen LogP contribution is 2.27. The van der Waals surface area contributed by atoms with E-state index in [0.29, 0.717) is 13.1 Å². The van der Waals surface area contributed by atoms with E-state index < -0.39 is 17.4 Å². The van der Waals surface area contributed by atoms with Crippen LogP contribution < -0.4 is 10.2 Å². The van der Waals surface area contributed by atoms with E-state index in [4.69, 9.17) is 0 Å². The monoisotopic (exact) mass is 373 g/mol. The van der Waals surface area contributed by atoms with Gasteiger partial charge in [-0.2, -0.15) is 0 Å². The Bertz CT molecular complexity index is 696. The topological polar surface area (TPSA) is 52.7 Å². The smallest absolute Gasteiger partial charge is 0.312 e. The number of hydrogen-bond donors (Lipinski definition) is 1. The lowest BCUT2D eigenvalue weighted by Crippen LogP contribution is -2.56. The van der Waals surface area contributed by atoms with Crippen molar-refractivity contribution in [2.45, 2.75) is 60.4 Å². The first-order valence-electron chi connectivity index (χ1n) is 9.82. The van der Waals surface area contributed by atoms with E-state index in [1.807, 2.05) is 13.8 Å². The van der Waals surface area contributed by atoms with Crippen LogP contribution in [0.15, 0.2) is 18.2 Å². The lowest BCUT2D eigenvalue weighted by molar-refractivity contribution is -0.147. The fraction of sp³-hybridized carbons (Fsp3) is 0.636. The molecule has 2 amide bonds. The number of rotatable bonds is 3. The van der Waals surface area contributed by atoms with Crippen LogP contribution in [0.4, 0.5) is 5.69 Å². The summed E-state index contributed by atoms with van der Waals surface area (Å²) in [5.74, 6) is -0.915. The van der Waals surface area contributed by atoms with Gasteiger partial charge in [0.2, 0.25) is 0 Å². The molecular weight excluding hydrogens is 338 g/mol. The Morgan fingerprint density at radius 3 is 2.15 bits per heavy atom. The fourth-order valence-corrected chi connectivity index (χ4v) is 4.10. The van der Waals surface area contributed by atoms with Gasteiger partial charge in [-0.1, -0.05) is 32.9 Å². The molecule has 1 aromatic carbocycles. The fourth-order valence-electron chi connectivity index (χ4n) is 4.10. The quantitative estimate of drug-likeness (QED) is 0.827. The van der Waals surface area contributed by atoms with Gasteiger partial charge in [0.05, 0.1) is 0 Å². The molecular formula is C22H35N3O2. The second kappa shape index (κ2) is 7.91. The second-order valence-electron chi connectivity index (χ2n) is 9.57. The molecule has 1 aliphatic heterocycles. The summed E-state index contributed by atoms with van der Waals surface area (Å²) < 4.78 is 0. The van der Waals surface area contributed by atoms with Crippen molar-refractivity contribution in [3.8, 4) is 0 Å². The number of nitrogens with one attached hydrogen (secondary N) is 1. The van der Waals surface area contributed by atoms with Crippen molar-refractivity contribution in [2.24, 2.45) is 5.41 Å². The van der Waals surface area contributed by atoms with Gasteiger partial charge in [-0.25, -0.2) is 0 Å². The van der Waals surface area contributed by atoms with E-state index in [1.165, 1.54) is 16.8 Å². The van der Waals surface area contributed by atoms with Gasteiger partial charge in [-0.15, -0.1) is 0 Å². The molecule has 0 aromatic heterocycles. The summed E-state index contributed by atoms with van der Waals surface area (Å²) in [5.41, 5.74) is 3.44. The van der Waals surface area contributed by atoms with Crippen molar-refractivity contribution < 1.29 is 9.59 Å². The summed E-state index contributed by atoms with van der Waals surface area (Å²) in [6.07, 6.45) is 0.805. The molecule has 150 valence electrons. The van der Waals surface area contributed by atoms with Crippen LogP contribution in [0.2, 0.25) is 0 Å². The molecule has 5 heteroatoms. The minimum absolute atomic E-state index is 0.0805. The Morgan fingerprint density at radius 2 is 1.59 bits per heavy atom. The van der Waals surface area contributed by atoms with Gasteiger partial charge in [-0.3, -0.25) is 9.59 Å². The summed E-state index contributed by atoms with van der Waals surface area (Å²) in [6.45, 7) is 17.2. The molecule has 27 heavy (non-hydrogen) atoms. The number of hydrogen-bond acceptors (Lipinski definition) is 3. The van der Waals surface area contributed by atoms with Crippen LogP contribution in [-0.2, 0) is 9.59 Å². The molecule has 1 heterocycles. The van der Waals surface area contributed by atoms with Crippen LogP contribution in [0.3, 0.4) is 0 Å². The number of amides is 2. The second-order valence-corrected chi connectivity index (χ2v) is 9.57. The molecule has 1 aliphatic rings. The van der Waals surface area contributed by atoms with E-state index in [9.17, 15) is 9.59 Å². The van der Waals surface area contributed by atoms with Gasteiger partial charge in [0.15, 0.2) is 0 Å². The maximum absolute atomic E-state index is 12.6. The number of nitrogens with zero attached hydrogens (tertiary/aromatic N) is 2. The third-order valence-electron chi connectivity index (χ3n) is 5.10. The van der Waals surface area contributed by atoms with Crippen LogP contribution in [0, 0.1) is 19.3 Å². The number of piperazine rings is 1. The van der Waals surface area contributed by atoms with Crippen molar-refractivity contribution in [2.75, 3.05) is 31.1 Å². The molecule has 1 aromatic rings. The average Bonchev–Trinajstić information content (AvgIpc) is 2.54. The minimum atomic E-state index is -0.496. The van der Waals surface area contributed by atoms with Crippen LogP contribution >= 0.6 is 0 Å². The van der Waals surface area contributed by atoms with Crippen molar-refractivity contribution in [3.63, 3.8) is 0 Å². The van der Waals surface area contributed by atoms with Crippen molar-refractivity contribution in [1.29, 1.82) is 0 Å². The van der Waals surface area contributed by atoms with Crippen molar-refractivity contribution in [3.05, 3.63) is 29.3 Å². The molecule has 1 fully saturated rings. The maximum atomic E-state index is 12.6.